The Morgan fingerprint density at radius 3 is 2.68 bits per heavy atom. The van der Waals surface area contributed by atoms with Crippen molar-refractivity contribution in [3.8, 4) is 0 Å². The van der Waals surface area contributed by atoms with Crippen LogP contribution in [0.5, 0.6) is 0 Å². The highest BCUT2D eigenvalue weighted by atomic mass is 16.6. The predicted molar refractivity (Wildman–Crippen MR) is 129 cm³/mol. The van der Waals surface area contributed by atoms with E-state index in [1.54, 1.807) is 29.8 Å². The van der Waals surface area contributed by atoms with Crippen molar-refractivity contribution in [2.24, 2.45) is 11.3 Å². The van der Waals surface area contributed by atoms with Gasteiger partial charge in [-0.05, 0) is 55.8 Å². The summed E-state index contributed by atoms with van der Waals surface area (Å²) in [5.74, 6) is -1.80. The Morgan fingerprint density at radius 1 is 1.22 bits per heavy atom. The number of carbonyl (C=O) groups excluding carboxylic acids is 2. The second-order valence-corrected chi connectivity index (χ2v) is 10.1. The third-order valence-electron chi connectivity index (χ3n) is 7.63. The molecule has 196 valence electrons. The number of carbonyl (C=O) groups is 3. The molecule has 0 aromatic carbocycles. The van der Waals surface area contributed by atoms with E-state index in [-0.39, 0.29) is 36.4 Å². The van der Waals surface area contributed by atoms with Crippen molar-refractivity contribution in [2.75, 3.05) is 6.54 Å². The van der Waals surface area contributed by atoms with Gasteiger partial charge in [-0.15, -0.1) is 0 Å². The highest BCUT2D eigenvalue weighted by molar-refractivity contribution is 6.02. The molecule has 37 heavy (non-hydrogen) atoms. The molecular formula is C25H31N7O5. The fourth-order valence-electron chi connectivity index (χ4n) is 5.54. The summed E-state index contributed by atoms with van der Waals surface area (Å²) in [6.07, 6.45) is 9.03. The maximum atomic E-state index is 13.0. The number of aryl methyl sites for hydroxylation is 1. The quantitative estimate of drug-likeness (QED) is 0.320. The summed E-state index contributed by atoms with van der Waals surface area (Å²) >= 11 is 0. The maximum Gasteiger partial charge on any atom is 0.319 e. The number of aliphatic carboxylic acids is 1. The minimum atomic E-state index is -1.54. The minimum Gasteiger partial charge on any atom is -0.480 e. The van der Waals surface area contributed by atoms with E-state index in [2.05, 4.69) is 26.0 Å². The van der Waals surface area contributed by atoms with Crippen molar-refractivity contribution in [1.82, 2.24) is 35.5 Å². The molecule has 3 aromatic rings. The monoisotopic (exact) mass is 509 g/mol. The van der Waals surface area contributed by atoms with Gasteiger partial charge in [0.25, 0.3) is 5.91 Å². The Morgan fingerprint density at radius 2 is 2.00 bits per heavy atom. The van der Waals surface area contributed by atoms with E-state index in [9.17, 15) is 19.5 Å². The molecule has 1 saturated carbocycles. The lowest BCUT2D eigenvalue weighted by Crippen LogP contribution is -2.52. The topological polar surface area (TPSA) is 165 Å². The fraction of sp³-hybridized carbons (Fsp3) is 0.560. The first-order chi connectivity index (χ1) is 17.9. The number of aromatic nitrogens is 5. The lowest BCUT2D eigenvalue weighted by atomic mass is 9.76. The Balaban J connectivity index is 1.45. The first kappa shape index (κ1) is 24.8. The fourth-order valence-corrected chi connectivity index (χ4v) is 5.54. The number of imidazole rings is 1. The van der Waals surface area contributed by atoms with Crippen LogP contribution in [0.2, 0.25) is 0 Å². The molecule has 1 saturated heterocycles. The molecule has 2 atom stereocenters. The largest absolute Gasteiger partial charge is 0.480 e. The summed E-state index contributed by atoms with van der Waals surface area (Å²) in [5, 5.41) is 27.7. The zero-order chi connectivity index (χ0) is 26.0. The van der Waals surface area contributed by atoms with Crippen LogP contribution in [0, 0.1) is 18.3 Å². The van der Waals surface area contributed by atoms with Crippen LogP contribution in [-0.2, 0) is 16.0 Å². The summed E-state index contributed by atoms with van der Waals surface area (Å²) in [6, 6.07) is 3.11. The molecule has 2 aliphatic rings. The molecule has 0 bridgehead atoms. The van der Waals surface area contributed by atoms with E-state index in [0.717, 1.165) is 25.7 Å². The van der Waals surface area contributed by atoms with E-state index in [1.807, 2.05) is 0 Å². The van der Waals surface area contributed by atoms with Gasteiger partial charge in [0.05, 0.1) is 23.6 Å². The van der Waals surface area contributed by atoms with Gasteiger partial charge in [-0.2, -0.15) is 5.10 Å². The Kier molecular flexibility index (Phi) is 6.90. The number of amides is 2. The van der Waals surface area contributed by atoms with Crippen molar-refractivity contribution in [3.63, 3.8) is 0 Å². The van der Waals surface area contributed by atoms with Crippen molar-refractivity contribution in [3.05, 3.63) is 41.1 Å². The van der Waals surface area contributed by atoms with Gasteiger partial charge in [0, 0.05) is 13.0 Å². The van der Waals surface area contributed by atoms with Crippen LogP contribution in [-0.4, -0.2) is 54.3 Å². The number of rotatable bonds is 7. The molecule has 1 aliphatic carbocycles. The summed E-state index contributed by atoms with van der Waals surface area (Å²) in [7, 11) is 0. The van der Waals surface area contributed by atoms with Gasteiger partial charge in [0.2, 0.25) is 5.91 Å². The van der Waals surface area contributed by atoms with Gasteiger partial charge in [0.15, 0.2) is 16.8 Å². The third-order valence-corrected chi connectivity index (χ3v) is 7.63. The number of nitrogens with one attached hydrogen (secondary N) is 2. The molecule has 4 heterocycles. The molecule has 3 aromatic heterocycles. The molecule has 12 heteroatoms. The van der Waals surface area contributed by atoms with Crippen LogP contribution < -0.4 is 10.6 Å². The molecule has 2 fully saturated rings. The lowest BCUT2D eigenvalue weighted by Gasteiger charge is -2.31. The lowest BCUT2D eigenvalue weighted by molar-refractivity contribution is -0.158. The van der Waals surface area contributed by atoms with Crippen LogP contribution in [0.4, 0.5) is 0 Å². The number of fused-ring (bicyclic) bond motifs is 1. The van der Waals surface area contributed by atoms with E-state index < -0.39 is 17.3 Å². The average molecular weight is 510 g/mol. The van der Waals surface area contributed by atoms with Gasteiger partial charge >= 0.3 is 5.97 Å². The zero-order valence-corrected chi connectivity index (χ0v) is 20.8. The number of hydrogen-bond acceptors (Lipinski definition) is 8. The maximum absolute atomic E-state index is 13.0. The van der Waals surface area contributed by atoms with Crippen molar-refractivity contribution < 1.29 is 24.1 Å². The summed E-state index contributed by atoms with van der Waals surface area (Å²) in [5.41, 5.74) is 0.744. The van der Waals surface area contributed by atoms with Gasteiger partial charge in [-0.25, -0.2) is 14.1 Å². The Hall–Kier alpha value is -3.83. The van der Waals surface area contributed by atoms with E-state index in [4.69, 9.17) is 9.61 Å². The average Bonchev–Trinajstić information content (AvgIpc) is 3.40. The number of hydrogen-bond donors (Lipinski definition) is 3. The molecule has 1 unspecified atom stereocenters. The zero-order valence-electron chi connectivity index (χ0n) is 20.8. The summed E-state index contributed by atoms with van der Waals surface area (Å²) < 4.78 is 6.31. The molecule has 2 amide bonds. The highest BCUT2D eigenvalue weighted by Crippen LogP contribution is 2.34. The van der Waals surface area contributed by atoms with E-state index in [0.29, 0.717) is 35.7 Å². The molecule has 12 nitrogen and oxygen atoms in total. The highest BCUT2D eigenvalue weighted by Gasteiger charge is 2.48. The molecule has 1 aliphatic heterocycles. The van der Waals surface area contributed by atoms with Crippen LogP contribution in [0.25, 0.3) is 5.65 Å². The molecule has 3 N–H and O–H groups in total. The number of carboxylic acids is 1. The summed E-state index contributed by atoms with van der Waals surface area (Å²) in [6.45, 7) is 2.14. The predicted octanol–water partition coefficient (Wildman–Crippen LogP) is 2.39. The minimum absolute atomic E-state index is 0.0150. The number of piperidine rings is 1. The van der Waals surface area contributed by atoms with Crippen LogP contribution in [0.3, 0.4) is 0 Å². The van der Waals surface area contributed by atoms with Crippen molar-refractivity contribution in [1.29, 1.82) is 0 Å². The first-order valence-corrected chi connectivity index (χ1v) is 12.8. The molecule has 0 radical (unpaired) electrons. The molecule has 0 spiro atoms. The number of nitrogens with zero attached hydrogens (tertiary/aromatic N) is 5. The van der Waals surface area contributed by atoms with Gasteiger partial charge in [0.1, 0.15) is 5.69 Å². The second kappa shape index (κ2) is 10.3. The summed E-state index contributed by atoms with van der Waals surface area (Å²) in [4.78, 5) is 42.5. The van der Waals surface area contributed by atoms with Crippen molar-refractivity contribution >= 4 is 23.4 Å². The van der Waals surface area contributed by atoms with Crippen LogP contribution >= 0.6 is 0 Å². The van der Waals surface area contributed by atoms with Crippen LogP contribution in [0.15, 0.2) is 23.0 Å². The SMILES string of the molecule is Cc1nonc1C(=O)N[C@H](c1cn2nc(CC3(C(=O)O)CCCNC3=O)ccc2n1)C1CCCCCC1. The standard InChI is InChI=1S/C25H31N7O5/c1-15-20(31-37-30-15)22(33)28-21(16-7-4-2-3-5-8-16)18-14-32-19(27-18)10-9-17(29-32)13-25(24(35)36)11-6-12-26-23(25)34/h9-10,14,16,21H,2-8,11-13H2,1H3,(H,26,34)(H,28,33)(H,35,36)/t21-,25?/m0/s1. The molecule has 5 rings (SSSR count). The number of carboxylic acid groups (broad SMARTS) is 1. The van der Waals surface area contributed by atoms with Crippen molar-refractivity contribution in [2.45, 2.75) is 70.8 Å². The molecular weight excluding hydrogens is 478 g/mol. The Bertz CT molecular complexity index is 1310. The van der Waals surface area contributed by atoms with Gasteiger partial charge < -0.3 is 15.7 Å². The van der Waals surface area contributed by atoms with E-state index in [1.165, 1.54) is 12.8 Å². The smallest absolute Gasteiger partial charge is 0.319 e. The first-order valence-electron chi connectivity index (χ1n) is 12.8. The second-order valence-electron chi connectivity index (χ2n) is 10.1. The van der Waals surface area contributed by atoms with Gasteiger partial charge in [-0.3, -0.25) is 14.4 Å². The third kappa shape index (κ3) is 4.92. The Labute approximate surface area is 213 Å². The van der Waals surface area contributed by atoms with Gasteiger partial charge in [-0.1, -0.05) is 30.8 Å². The van der Waals surface area contributed by atoms with Crippen LogP contribution in [0.1, 0.15) is 85.0 Å². The normalized spacial score (nSPS) is 21.8. The van der Waals surface area contributed by atoms with E-state index >= 15 is 0 Å².